The van der Waals surface area contributed by atoms with Crippen LogP contribution in [-0.2, 0) is 11.3 Å². The van der Waals surface area contributed by atoms with Gasteiger partial charge in [0.1, 0.15) is 0 Å². The van der Waals surface area contributed by atoms with E-state index in [9.17, 15) is 14.4 Å². The lowest BCUT2D eigenvalue weighted by Gasteiger charge is -2.15. The van der Waals surface area contributed by atoms with Gasteiger partial charge in [-0.05, 0) is 30.0 Å². The van der Waals surface area contributed by atoms with Crippen LogP contribution >= 0.6 is 0 Å². The number of hydrogen-bond acceptors (Lipinski definition) is 3. The molecule has 0 bridgehead atoms. The third-order valence-electron chi connectivity index (χ3n) is 3.30. The molecule has 0 aliphatic heterocycles. The number of nitrogens with one attached hydrogen (secondary N) is 2. The molecule has 126 valence electrons. The van der Waals surface area contributed by atoms with E-state index in [-0.39, 0.29) is 24.9 Å². The zero-order chi connectivity index (χ0) is 17.4. The predicted octanol–water partition coefficient (Wildman–Crippen LogP) is 1.33. The molecule has 7 heteroatoms. The Hall–Kier alpha value is -2.57. The van der Waals surface area contributed by atoms with Crippen molar-refractivity contribution in [3.05, 3.63) is 35.4 Å². The van der Waals surface area contributed by atoms with Gasteiger partial charge in [-0.15, -0.1) is 0 Å². The van der Waals surface area contributed by atoms with Crippen LogP contribution < -0.4 is 16.4 Å². The summed E-state index contributed by atoms with van der Waals surface area (Å²) in [5.41, 5.74) is 6.22. The van der Waals surface area contributed by atoms with Crippen LogP contribution in [0, 0.1) is 11.8 Å². The molecule has 23 heavy (non-hydrogen) atoms. The molecule has 0 aromatic heterocycles. The number of carbonyl (C=O) groups excluding carboxylic acids is 2. The number of carbonyl (C=O) groups is 3. The molecule has 0 saturated carbocycles. The lowest BCUT2D eigenvalue weighted by Crippen LogP contribution is -2.33. The van der Waals surface area contributed by atoms with E-state index in [0.717, 1.165) is 5.56 Å². The first-order chi connectivity index (χ1) is 10.8. The van der Waals surface area contributed by atoms with Gasteiger partial charge in [-0.3, -0.25) is 9.59 Å². The zero-order valence-corrected chi connectivity index (χ0v) is 13.3. The maximum absolute atomic E-state index is 12.0. The molecule has 3 amide bonds. The van der Waals surface area contributed by atoms with E-state index in [1.807, 2.05) is 13.8 Å². The van der Waals surface area contributed by atoms with Crippen molar-refractivity contribution >= 4 is 17.9 Å². The van der Waals surface area contributed by atoms with E-state index in [1.54, 1.807) is 24.3 Å². The predicted molar refractivity (Wildman–Crippen MR) is 85.8 cm³/mol. The summed E-state index contributed by atoms with van der Waals surface area (Å²) in [6, 6.07) is 6.02. The largest absolute Gasteiger partial charge is 0.481 e. The number of carboxylic acid groups (broad SMARTS) is 1. The minimum atomic E-state index is -0.910. The second-order valence-corrected chi connectivity index (χ2v) is 5.79. The van der Waals surface area contributed by atoms with Crippen molar-refractivity contribution in [2.45, 2.75) is 26.8 Å². The first-order valence-electron chi connectivity index (χ1n) is 7.42. The van der Waals surface area contributed by atoms with Crippen molar-refractivity contribution in [3.8, 4) is 0 Å². The van der Waals surface area contributed by atoms with Gasteiger partial charge in [0.2, 0.25) is 0 Å². The van der Waals surface area contributed by atoms with E-state index in [0.29, 0.717) is 12.0 Å². The van der Waals surface area contributed by atoms with Crippen LogP contribution in [-0.4, -0.2) is 29.6 Å². The molecule has 0 aliphatic carbocycles. The van der Waals surface area contributed by atoms with Crippen LogP contribution in [0.3, 0.4) is 0 Å². The van der Waals surface area contributed by atoms with Gasteiger partial charge in [-0.25, -0.2) is 4.79 Å². The summed E-state index contributed by atoms with van der Waals surface area (Å²) in [5, 5.41) is 14.3. The van der Waals surface area contributed by atoms with Crippen molar-refractivity contribution in [2.24, 2.45) is 17.6 Å². The molecular weight excluding hydrogens is 298 g/mol. The van der Waals surface area contributed by atoms with Gasteiger partial charge in [0.25, 0.3) is 5.91 Å². The highest BCUT2D eigenvalue weighted by Gasteiger charge is 2.19. The number of aliphatic carboxylic acids is 1. The van der Waals surface area contributed by atoms with Gasteiger partial charge >= 0.3 is 12.0 Å². The lowest BCUT2D eigenvalue weighted by atomic mass is 9.97. The molecular formula is C16H23N3O4. The number of benzene rings is 1. The highest BCUT2D eigenvalue weighted by atomic mass is 16.4. The molecule has 7 nitrogen and oxygen atoms in total. The van der Waals surface area contributed by atoms with Crippen LogP contribution in [0.2, 0.25) is 0 Å². The number of hydrogen-bond donors (Lipinski definition) is 4. The standard InChI is InChI=1S/C16H23N3O4/c1-10(2)7-13(15(21)22)9-18-14(20)12-5-3-11(4-6-12)8-19-16(17)23/h3-6,10,13H,7-9H2,1-2H3,(H,18,20)(H,21,22)(H3,17,19,23). The van der Waals surface area contributed by atoms with Crippen LogP contribution in [0.4, 0.5) is 4.79 Å². The van der Waals surface area contributed by atoms with Crippen molar-refractivity contribution < 1.29 is 19.5 Å². The van der Waals surface area contributed by atoms with E-state index >= 15 is 0 Å². The first kappa shape index (κ1) is 18.5. The summed E-state index contributed by atoms with van der Waals surface area (Å²) in [5.74, 6) is -1.59. The fraction of sp³-hybridized carbons (Fsp3) is 0.438. The fourth-order valence-corrected chi connectivity index (χ4v) is 2.12. The minimum Gasteiger partial charge on any atom is -0.481 e. The molecule has 0 saturated heterocycles. The number of urea groups is 1. The topological polar surface area (TPSA) is 122 Å². The van der Waals surface area contributed by atoms with Crippen LogP contribution in [0.25, 0.3) is 0 Å². The average molecular weight is 321 g/mol. The van der Waals surface area contributed by atoms with Crippen molar-refractivity contribution in [3.63, 3.8) is 0 Å². The van der Waals surface area contributed by atoms with Crippen LogP contribution in [0.5, 0.6) is 0 Å². The second-order valence-electron chi connectivity index (χ2n) is 5.79. The summed E-state index contributed by atoms with van der Waals surface area (Å²) in [6.07, 6.45) is 0.507. The third-order valence-corrected chi connectivity index (χ3v) is 3.30. The summed E-state index contributed by atoms with van der Waals surface area (Å²) < 4.78 is 0. The molecule has 1 atom stereocenters. The monoisotopic (exact) mass is 321 g/mol. The van der Waals surface area contributed by atoms with Gasteiger partial charge in [0.15, 0.2) is 0 Å². The average Bonchev–Trinajstić information content (AvgIpc) is 2.49. The molecule has 0 heterocycles. The molecule has 1 rings (SSSR count). The normalized spacial score (nSPS) is 11.8. The molecule has 0 fully saturated rings. The van der Waals surface area contributed by atoms with E-state index in [4.69, 9.17) is 10.8 Å². The summed E-state index contributed by atoms with van der Waals surface area (Å²) in [6.45, 7) is 4.26. The highest BCUT2D eigenvalue weighted by Crippen LogP contribution is 2.11. The molecule has 1 unspecified atom stereocenters. The minimum absolute atomic E-state index is 0.0946. The Labute approximate surface area is 135 Å². The zero-order valence-electron chi connectivity index (χ0n) is 13.3. The van der Waals surface area contributed by atoms with Gasteiger partial charge in [-0.2, -0.15) is 0 Å². The molecule has 1 aromatic rings. The molecule has 1 aromatic carbocycles. The summed E-state index contributed by atoms with van der Waals surface area (Å²) in [4.78, 5) is 33.8. The quantitative estimate of drug-likeness (QED) is 0.577. The van der Waals surface area contributed by atoms with E-state index in [2.05, 4.69) is 10.6 Å². The van der Waals surface area contributed by atoms with Crippen molar-refractivity contribution in [2.75, 3.05) is 6.54 Å². The van der Waals surface area contributed by atoms with Crippen molar-refractivity contribution in [1.29, 1.82) is 0 Å². The highest BCUT2D eigenvalue weighted by molar-refractivity contribution is 5.94. The van der Waals surface area contributed by atoms with Crippen LogP contribution in [0.15, 0.2) is 24.3 Å². The number of rotatable bonds is 8. The number of carboxylic acids is 1. The molecule has 0 aliphatic rings. The number of amides is 3. The summed E-state index contributed by atoms with van der Waals surface area (Å²) in [7, 11) is 0. The Morgan fingerprint density at radius 2 is 1.74 bits per heavy atom. The smallest absolute Gasteiger partial charge is 0.312 e. The lowest BCUT2D eigenvalue weighted by molar-refractivity contribution is -0.142. The Kier molecular flexibility index (Phi) is 7.05. The Morgan fingerprint density at radius 1 is 1.13 bits per heavy atom. The maximum Gasteiger partial charge on any atom is 0.312 e. The second kappa shape index (κ2) is 8.77. The Morgan fingerprint density at radius 3 is 2.22 bits per heavy atom. The van der Waals surface area contributed by atoms with E-state index in [1.165, 1.54) is 0 Å². The van der Waals surface area contributed by atoms with Crippen LogP contribution in [0.1, 0.15) is 36.2 Å². The first-order valence-corrected chi connectivity index (χ1v) is 7.42. The maximum atomic E-state index is 12.0. The fourth-order valence-electron chi connectivity index (χ4n) is 2.12. The van der Waals surface area contributed by atoms with E-state index < -0.39 is 17.9 Å². The number of primary amides is 1. The summed E-state index contributed by atoms with van der Waals surface area (Å²) >= 11 is 0. The van der Waals surface area contributed by atoms with Crippen molar-refractivity contribution in [1.82, 2.24) is 10.6 Å². The Balaban J connectivity index is 2.56. The van der Waals surface area contributed by atoms with Gasteiger partial charge in [0, 0.05) is 18.7 Å². The number of nitrogens with two attached hydrogens (primary N) is 1. The molecule has 5 N–H and O–H groups in total. The molecule has 0 spiro atoms. The van der Waals surface area contributed by atoms with Gasteiger partial charge < -0.3 is 21.5 Å². The SMILES string of the molecule is CC(C)CC(CNC(=O)c1ccc(CNC(N)=O)cc1)C(=O)O. The van der Waals surface area contributed by atoms with Gasteiger partial charge in [-0.1, -0.05) is 26.0 Å². The Bertz CT molecular complexity index is 555. The van der Waals surface area contributed by atoms with Gasteiger partial charge in [0.05, 0.1) is 5.92 Å². The molecule has 0 radical (unpaired) electrons. The third kappa shape index (κ3) is 6.82.